The Hall–Kier alpha value is -1.06. The van der Waals surface area contributed by atoms with Crippen LogP contribution in [0.15, 0.2) is 0 Å². The second-order valence-corrected chi connectivity index (χ2v) is 5.72. The monoisotopic (exact) mass is 239 g/mol. The number of hydrogen-bond acceptors (Lipinski definition) is 2. The summed E-state index contributed by atoms with van der Waals surface area (Å²) in [5.74, 6) is 0.372. The lowest BCUT2D eigenvalue weighted by molar-refractivity contribution is -0.147. The minimum atomic E-state index is -1.09. The molecule has 2 aliphatic rings. The van der Waals surface area contributed by atoms with Gasteiger partial charge in [-0.05, 0) is 44.4 Å². The SMILES string of the molecule is CCCC(C)(NC(=O)C1CC1C1CC1)C(=O)O. The quantitative estimate of drug-likeness (QED) is 0.742. The number of hydrogen-bond donors (Lipinski definition) is 2. The molecule has 2 rings (SSSR count). The van der Waals surface area contributed by atoms with Crippen LogP contribution in [0.4, 0.5) is 0 Å². The highest BCUT2D eigenvalue weighted by Crippen LogP contribution is 2.54. The largest absolute Gasteiger partial charge is 0.480 e. The molecule has 3 atom stereocenters. The third-order valence-corrected chi connectivity index (χ3v) is 4.03. The van der Waals surface area contributed by atoms with Gasteiger partial charge >= 0.3 is 5.97 Å². The van der Waals surface area contributed by atoms with Crippen LogP contribution in [-0.2, 0) is 9.59 Å². The van der Waals surface area contributed by atoms with Crippen molar-refractivity contribution in [2.24, 2.45) is 17.8 Å². The van der Waals surface area contributed by atoms with Gasteiger partial charge in [0.15, 0.2) is 0 Å². The molecule has 2 saturated carbocycles. The van der Waals surface area contributed by atoms with E-state index < -0.39 is 11.5 Å². The zero-order chi connectivity index (χ0) is 12.6. The molecule has 2 N–H and O–H groups in total. The van der Waals surface area contributed by atoms with Gasteiger partial charge in [-0.15, -0.1) is 0 Å². The van der Waals surface area contributed by atoms with Crippen LogP contribution in [0.1, 0.15) is 46.0 Å². The molecule has 0 aliphatic heterocycles. The molecule has 0 heterocycles. The Labute approximate surface area is 102 Å². The van der Waals surface area contributed by atoms with Crippen LogP contribution < -0.4 is 5.32 Å². The highest BCUT2D eigenvalue weighted by molar-refractivity contribution is 5.89. The number of carbonyl (C=O) groups excluding carboxylic acids is 1. The Morgan fingerprint density at radius 1 is 1.41 bits per heavy atom. The van der Waals surface area contributed by atoms with Gasteiger partial charge in [-0.1, -0.05) is 13.3 Å². The Morgan fingerprint density at radius 2 is 2.06 bits per heavy atom. The minimum Gasteiger partial charge on any atom is -0.480 e. The van der Waals surface area contributed by atoms with Crippen LogP contribution in [0.3, 0.4) is 0 Å². The molecule has 0 aromatic heterocycles. The molecular formula is C13H21NO3. The predicted molar refractivity (Wildman–Crippen MR) is 63.4 cm³/mol. The number of carboxylic acids is 1. The third-order valence-electron chi connectivity index (χ3n) is 4.03. The topological polar surface area (TPSA) is 66.4 Å². The van der Waals surface area contributed by atoms with Crippen LogP contribution in [0.25, 0.3) is 0 Å². The van der Waals surface area contributed by atoms with E-state index in [1.165, 1.54) is 12.8 Å². The lowest BCUT2D eigenvalue weighted by Gasteiger charge is -2.25. The summed E-state index contributed by atoms with van der Waals surface area (Å²) in [7, 11) is 0. The van der Waals surface area contributed by atoms with Gasteiger partial charge in [-0.2, -0.15) is 0 Å². The molecular weight excluding hydrogens is 218 g/mol. The second-order valence-electron chi connectivity index (χ2n) is 5.72. The standard InChI is InChI=1S/C13H21NO3/c1-3-6-13(2,12(16)17)14-11(15)10-7-9(10)8-4-5-8/h8-10H,3-7H2,1-2H3,(H,14,15)(H,16,17). The highest BCUT2D eigenvalue weighted by Gasteiger charge is 2.52. The summed E-state index contributed by atoms with van der Waals surface area (Å²) in [5, 5.41) is 11.9. The fourth-order valence-electron chi connectivity index (χ4n) is 2.65. The van der Waals surface area contributed by atoms with Gasteiger partial charge < -0.3 is 10.4 Å². The van der Waals surface area contributed by atoms with Crippen molar-refractivity contribution >= 4 is 11.9 Å². The van der Waals surface area contributed by atoms with E-state index in [9.17, 15) is 14.7 Å². The third kappa shape index (κ3) is 2.61. The number of carbonyl (C=O) groups is 2. The van der Waals surface area contributed by atoms with Crippen LogP contribution in [0.5, 0.6) is 0 Å². The Balaban J connectivity index is 1.89. The molecule has 4 nitrogen and oxygen atoms in total. The van der Waals surface area contributed by atoms with Gasteiger partial charge in [0.1, 0.15) is 5.54 Å². The van der Waals surface area contributed by atoms with E-state index in [1.807, 2.05) is 6.92 Å². The maximum absolute atomic E-state index is 12.0. The number of rotatable bonds is 6. The Bertz CT molecular complexity index is 338. The average Bonchev–Trinajstić information content (AvgIpc) is 3.10. The molecule has 17 heavy (non-hydrogen) atoms. The van der Waals surface area contributed by atoms with Gasteiger partial charge in [-0.25, -0.2) is 4.79 Å². The van der Waals surface area contributed by atoms with Crippen molar-refractivity contribution in [3.63, 3.8) is 0 Å². The van der Waals surface area contributed by atoms with E-state index in [-0.39, 0.29) is 11.8 Å². The summed E-state index contributed by atoms with van der Waals surface area (Å²) < 4.78 is 0. The molecule has 4 heteroatoms. The maximum atomic E-state index is 12.0. The van der Waals surface area contributed by atoms with E-state index in [0.717, 1.165) is 18.8 Å². The van der Waals surface area contributed by atoms with E-state index in [1.54, 1.807) is 6.92 Å². The van der Waals surface area contributed by atoms with Crippen molar-refractivity contribution in [1.82, 2.24) is 5.32 Å². The van der Waals surface area contributed by atoms with E-state index in [2.05, 4.69) is 5.32 Å². The summed E-state index contributed by atoms with van der Waals surface area (Å²) in [4.78, 5) is 23.2. The lowest BCUT2D eigenvalue weighted by Crippen LogP contribution is -2.52. The smallest absolute Gasteiger partial charge is 0.329 e. The van der Waals surface area contributed by atoms with Crippen LogP contribution in [0, 0.1) is 17.8 Å². The first-order chi connectivity index (χ1) is 7.98. The minimum absolute atomic E-state index is 0.0553. The maximum Gasteiger partial charge on any atom is 0.329 e. The summed E-state index contributed by atoms with van der Waals surface area (Å²) in [6, 6.07) is 0. The summed E-state index contributed by atoms with van der Waals surface area (Å²) in [5.41, 5.74) is -1.09. The second kappa shape index (κ2) is 4.31. The first-order valence-electron chi connectivity index (χ1n) is 6.53. The lowest BCUT2D eigenvalue weighted by atomic mass is 9.96. The Kier molecular flexibility index (Phi) is 3.15. The Morgan fingerprint density at radius 3 is 2.53 bits per heavy atom. The summed E-state index contributed by atoms with van der Waals surface area (Å²) in [6.45, 7) is 3.53. The van der Waals surface area contributed by atoms with Gasteiger partial charge in [-0.3, -0.25) is 4.79 Å². The summed E-state index contributed by atoms with van der Waals surface area (Å²) >= 11 is 0. The molecule has 2 fully saturated rings. The van der Waals surface area contributed by atoms with E-state index in [0.29, 0.717) is 12.3 Å². The fraction of sp³-hybridized carbons (Fsp3) is 0.846. The van der Waals surface area contributed by atoms with Crippen LogP contribution in [0.2, 0.25) is 0 Å². The van der Waals surface area contributed by atoms with E-state index in [4.69, 9.17) is 0 Å². The van der Waals surface area contributed by atoms with Crippen molar-refractivity contribution in [2.75, 3.05) is 0 Å². The molecule has 1 amide bonds. The number of aliphatic carboxylic acids is 1. The van der Waals surface area contributed by atoms with Gasteiger partial charge in [0, 0.05) is 5.92 Å². The van der Waals surface area contributed by atoms with Crippen molar-refractivity contribution in [3.8, 4) is 0 Å². The van der Waals surface area contributed by atoms with Crippen molar-refractivity contribution in [3.05, 3.63) is 0 Å². The number of nitrogens with one attached hydrogen (secondary N) is 1. The highest BCUT2D eigenvalue weighted by atomic mass is 16.4. The molecule has 2 aliphatic carbocycles. The van der Waals surface area contributed by atoms with Crippen molar-refractivity contribution < 1.29 is 14.7 Å². The summed E-state index contributed by atoms with van der Waals surface area (Å²) in [6.07, 6.45) is 4.69. The van der Waals surface area contributed by atoms with Crippen molar-refractivity contribution in [1.29, 1.82) is 0 Å². The molecule has 0 spiro atoms. The molecule has 0 aromatic rings. The molecule has 0 radical (unpaired) electrons. The van der Waals surface area contributed by atoms with Gasteiger partial charge in [0.05, 0.1) is 0 Å². The zero-order valence-corrected chi connectivity index (χ0v) is 10.5. The normalized spacial score (nSPS) is 30.5. The van der Waals surface area contributed by atoms with Gasteiger partial charge in [0.25, 0.3) is 0 Å². The van der Waals surface area contributed by atoms with Crippen molar-refractivity contribution in [2.45, 2.75) is 51.5 Å². The molecule has 0 bridgehead atoms. The number of carboxylic acid groups (broad SMARTS) is 1. The first-order valence-corrected chi connectivity index (χ1v) is 6.53. The first kappa shape index (κ1) is 12.4. The van der Waals surface area contributed by atoms with E-state index >= 15 is 0 Å². The van der Waals surface area contributed by atoms with Crippen LogP contribution >= 0.6 is 0 Å². The molecule has 0 aromatic carbocycles. The molecule has 96 valence electrons. The molecule has 0 saturated heterocycles. The fourth-order valence-corrected chi connectivity index (χ4v) is 2.65. The average molecular weight is 239 g/mol. The van der Waals surface area contributed by atoms with Crippen LogP contribution in [-0.4, -0.2) is 22.5 Å². The molecule has 3 unspecified atom stereocenters. The van der Waals surface area contributed by atoms with Gasteiger partial charge in [0.2, 0.25) is 5.91 Å². The predicted octanol–water partition coefficient (Wildman–Crippen LogP) is 1.79. The number of amides is 1. The zero-order valence-electron chi connectivity index (χ0n) is 10.5.